The van der Waals surface area contributed by atoms with Gasteiger partial charge in [-0.1, -0.05) is 38.1 Å². The van der Waals surface area contributed by atoms with Crippen molar-refractivity contribution in [3.8, 4) is 0 Å². The van der Waals surface area contributed by atoms with Crippen LogP contribution in [0.25, 0.3) is 0 Å². The van der Waals surface area contributed by atoms with Crippen molar-refractivity contribution in [1.29, 1.82) is 0 Å². The third kappa shape index (κ3) is 2.03. The zero-order chi connectivity index (χ0) is 13.2. The number of hydrogen-bond acceptors (Lipinski definition) is 2. The van der Waals surface area contributed by atoms with Crippen molar-refractivity contribution >= 4 is 5.91 Å². The van der Waals surface area contributed by atoms with Crippen LogP contribution in [0.1, 0.15) is 31.4 Å². The zero-order valence-corrected chi connectivity index (χ0v) is 11.2. The van der Waals surface area contributed by atoms with Crippen LogP contribution in [0.3, 0.4) is 0 Å². The van der Waals surface area contributed by atoms with Gasteiger partial charge in [-0.05, 0) is 24.0 Å². The third-order valence-electron chi connectivity index (χ3n) is 4.37. The molecule has 0 bridgehead atoms. The van der Waals surface area contributed by atoms with E-state index in [1.54, 1.807) is 0 Å². The summed E-state index contributed by atoms with van der Waals surface area (Å²) in [6.07, 6.45) is 1.97. The normalized spacial score (nSPS) is 27.3. The second-order valence-corrected chi connectivity index (χ2v) is 5.15. The molecule has 3 heteroatoms. The molecule has 18 heavy (non-hydrogen) atoms. The average molecular weight is 246 g/mol. The van der Waals surface area contributed by atoms with Crippen LogP contribution in [0.2, 0.25) is 0 Å². The summed E-state index contributed by atoms with van der Waals surface area (Å²) in [5.41, 5.74) is 7.99. The molecule has 1 saturated heterocycles. The van der Waals surface area contributed by atoms with Gasteiger partial charge in [-0.25, -0.2) is 0 Å². The Morgan fingerprint density at radius 1 is 1.39 bits per heavy atom. The van der Waals surface area contributed by atoms with Gasteiger partial charge in [0.1, 0.15) is 0 Å². The molecule has 1 amide bonds. The van der Waals surface area contributed by atoms with E-state index in [9.17, 15) is 4.79 Å². The number of rotatable bonds is 4. The molecular formula is C15H22N2O. The molecule has 1 heterocycles. The fraction of sp³-hybridized carbons (Fsp3) is 0.533. The van der Waals surface area contributed by atoms with Gasteiger partial charge in [0.05, 0.1) is 5.92 Å². The first-order valence-electron chi connectivity index (χ1n) is 6.73. The highest BCUT2D eigenvalue weighted by Gasteiger charge is 2.45. The zero-order valence-electron chi connectivity index (χ0n) is 11.2. The predicted octanol–water partition coefficient (Wildman–Crippen LogP) is 1.60. The first-order valence-corrected chi connectivity index (χ1v) is 6.73. The molecule has 1 aromatic rings. The monoisotopic (exact) mass is 246 g/mol. The lowest BCUT2D eigenvalue weighted by Gasteiger charge is -2.32. The number of benzene rings is 1. The number of carbonyl (C=O) groups is 1. The molecule has 0 aromatic heterocycles. The molecule has 3 nitrogen and oxygen atoms in total. The molecule has 98 valence electrons. The van der Waals surface area contributed by atoms with Crippen molar-refractivity contribution < 1.29 is 4.79 Å². The maximum atomic E-state index is 11.7. The van der Waals surface area contributed by atoms with Gasteiger partial charge in [-0.3, -0.25) is 4.79 Å². The maximum absolute atomic E-state index is 11.7. The lowest BCUT2D eigenvalue weighted by Crippen LogP contribution is -2.41. The summed E-state index contributed by atoms with van der Waals surface area (Å²) in [5.74, 6) is -0.295. The molecular weight excluding hydrogens is 224 g/mol. The van der Waals surface area contributed by atoms with Crippen molar-refractivity contribution in [3.05, 3.63) is 35.4 Å². The summed E-state index contributed by atoms with van der Waals surface area (Å²) >= 11 is 0. The Bertz CT molecular complexity index is 427. The van der Waals surface area contributed by atoms with Gasteiger partial charge in [0.15, 0.2) is 0 Å². The van der Waals surface area contributed by atoms with Gasteiger partial charge in [-0.2, -0.15) is 0 Å². The molecule has 1 aliphatic rings. The van der Waals surface area contributed by atoms with Gasteiger partial charge in [0.25, 0.3) is 0 Å². The fourth-order valence-corrected chi connectivity index (χ4v) is 3.08. The second kappa shape index (κ2) is 5.11. The number of carbonyl (C=O) groups excluding carboxylic acids is 1. The Balaban J connectivity index is 2.39. The van der Waals surface area contributed by atoms with Crippen LogP contribution in [0.5, 0.6) is 0 Å². The summed E-state index contributed by atoms with van der Waals surface area (Å²) in [6, 6.07) is 8.63. The van der Waals surface area contributed by atoms with Crippen LogP contribution >= 0.6 is 0 Å². The largest absolute Gasteiger partial charge is 0.369 e. The van der Waals surface area contributed by atoms with Crippen molar-refractivity contribution in [1.82, 2.24) is 5.32 Å². The molecule has 2 unspecified atom stereocenters. The van der Waals surface area contributed by atoms with Crippen LogP contribution in [0.4, 0.5) is 0 Å². The fourth-order valence-electron chi connectivity index (χ4n) is 3.08. The molecule has 3 N–H and O–H groups in total. The van der Waals surface area contributed by atoms with Crippen LogP contribution in [0.15, 0.2) is 24.3 Å². The molecule has 2 atom stereocenters. The molecule has 0 spiro atoms. The lowest BCUT2D eigenvalue weighted by atomic mass is 9.70. The van der Waals surface area contributed by atoms with E-state index in [4.69, 9.17) is 5.73 Å². The molecule has 0 saturated carbocycles. The number of primary amides is 1. The smallest absolute Gasteiger partial charge is 0.222 e. The van der Waals surface area contributed by atoms with Crippen LogP contribution in [-0.4, -0.2) is 19.0 Å². The van der Waals surface area contributed by atoms with Gasteiger partial charge in [-0.15, -0.1) is 0 Å². The SMILES string of the molecule is CCc1ccc(C2(CC)CNCC2C(N)=O)cc1. The predicted molar refractivity (Wildman–Crippen MR) is 73.3 cm³/mol. The summed E-state index contributed by atoms with van der Waals surface area (Å²) in [6.45, 7) is 5.81. The second-order valence-electron chi connectivity index (χ2n) is 5.15. The van der Waals surface area contributed by atoms with Crippen molar-refractivity contribution in [2.45, 2.75) is 32.1 Å². The van der Waals surface area contributed by atoms with Crippen molar-refractivity contribution in [2.75, 3.05) is 13.1 Å². The Labute approximate surface area is 109 Å². The van der Waals surface area contributed by atoms with E-state index in [2.05, 4.69) is 43.4 Å². The number of hydrogen-bond donors (Lipinski definition) is 2. The first-order chi connectivity index (χ1) is 8.64. The maximum Gasteiger partial charge on any atom is 0.222 e. The number of amides is 1. The Morgan fingerprint density at radius 2 is 2.06 bits per heavy atom. The number of nitrogens with one attached hydrogen (secondary N) is 1. The Hall–Kier alpha value is -1.35. The highest BCUT2D eigenvalue weighted by molar-refractivity contribution is 5.79. The molecule has 2 rings (SSSR count). The number of aryl methyl sites for hydroxylation is 1. The molecule has 1 aliphatic heterocycles. The summed E-state index contributed by atoms with van der Waals surface area (Å²) in [7, 11) is 0. The minimum atomic E-state index is -0.193. The van der Waals surface area contributed by atoms with Crippen LogP contribution in [-0.2, 0) is 16.6 Å². The third-order valence-corrected chi connectivity index (χ3v) is 4.37. The van der Waals surface area contributed by atoms with Gasteiger partial charge in [0, 0.05) is 18.5 Å². The molecule has 0 aliphatic carbocycles. The van der Waals surface area contributed by atoms with E-state index in [0.717, 1.165) is 19.4 Å². The van der Waals surface area contributed by atoms with Crippen LogP contribution in [0, 0.1) is 5.92 Å². The van der Waals surface area contributed by atoms with E-state index >= 15 is 0 Å². The van der Waals surface area contributed by atoms with Gasteiger partial charge < -0.3 is 11.1 Å². The van der Waals surface area contributed by atoms with Gasteiger partial charge >= 0.3 is 0 Å². The number of nitrogens with two attached hydrogens (primary N) is 1. The Kier molecular flexibility index (Phi) is 3.71. The topological polar surface area (TPSA) is 55.1 Å². The Morgan fingerprint density at radius 3 is 2.56 bits per heavy atom. The lowest BCUT2D eigenvalue weighted by molar-refractivity contribution is -0.122. The van der Waals surface area contributed by atoms with E-state index in [1.807, 2.05) is 0 Å². The molecule has 0 radical (unpaired) electrons. The van der Waals surface area contributed by atoms with E-state index in [0.29, 0.717) is 6.54 Å². The molecule has 1 aromatic carbocycles. The van der Waals surface area contributed by atoms with E-state index in [-0.39, 0.29) is 17.2 Å². The van der Waals surface area contributed by atoms with Crippen LogP contribution < -0.4 is 11.1 Å². The highest BCUT2D eigenvalue weighted by Crippen LogP contribution is 2.38. The average Bonchev–Trinajstić information content (AvgIpc) is 2.84. The highest BCUT2D eigenvalue weighted by atomic mass is 16.1. The summed E-state index contributed by atoms with van der Waals surface area (Å²) in [4.78, 5) is 11.7. The summed E-state index contributed by atoms with van der Waals surface area (Å²) in [5, 5.41) is 3.32. The van der Waals surface area contributed by atoms with Gasteiger partial charge in [0.2, 0.25) is 5.91 Å². The van der Waals surface area contributed by atoms with E-state index < -0.39 is 0 Å². The van der Waals surface area contributed by atoms with E-state index in [1.165, 1.54) is 11.1 Å². The van der Waals surface area contributed by atoms with Crippen molar-refractivity contribution in [3.63, 3.8) is 0 Å². The quantitative estimate of drug-likeness (QED) is 0.848. The summed E-state index contributed by atoms with van der Waals surface area (Å²) < 4.78 is 0. The first kappa shape index (κ1) is 13.1. The van der Waals surface area contributed by atoms with Crippen molar-refractivity contribution in [2.24, 2.45) is 11.7 Å². The standard InChI is InChI=1S/C15H22N2O/c1-3-11-5-7-12(8-6-11)15(4-2)10-17-9-13(15)14(16)18/h5-8,13,17H,3-4,9-10H2,1-2H3,(H2,16,18). The minimum Gasteiger partial charge on any atom is -0.369 e. The molecule has 1 fully saturated rings. The minimum absolute atomic E-state index is 0.102.